The molecule has 1 aromatic rings. The monoisotopic (exact) mass is 360 g/mol. The van der Waals surface area contributed by atoms with Crippen molar-refractivity contribution in [1.29, 1.82) is 0 Å². The number of ketones is 1. The standard InChI is InChI=1S/C19H24N2O5/c1-3-4-14-5-7-15(8-6-14)16(22)9-10-17(23)26-13(2)18(24)21-12-11-20-19(21)25/h5-8,13H,3-4,9-12H2,1-2H3,(H,20,25)/t13-/m0/s1. The molecule has 2 rings (SSSR count). The Bertz CT molecular complexity index is 684. The zero-order valence-corrected chi connectivity index (χ0v) is 15.1. The van der Waals surface area contributed by atoms with Crippen LogP contribution in [0.25, 0.3) is 0 Å². The number of amides is 3. The van der Waals surface area contributed by atoms with Gasteiger partial charge in [0.25, 0.3) is 5.91 Å². The number of imide groups is 1. The molecule has 0 spiro atoms. The Hall–Kier alpha value is -2.70. The molecule has 7 heteroatoms. The third kappa shape index (κ3) is 5.15. The van der Waals surface area contributed by atoms with Crippen LogP contribution in [0.15, 0.2) is 24.3 Å². The number of Topliss-reactive ketones (excluding diaryl/α,β-unsaturated/α-hetero) is 1. The normalized spacial score (nSPS) is 14.7. The Balaban J connectivity index is 1.79. The molecule has 1 heterocycles. The van der Waals surface area contributed by atoms with Gasteiger partial charge in [0.1, 0.15) is 0 Å². The molecule has 0 aliphatic carbocycles. The van der Waals surface area contributed by atoms with Crippen LogP contribution in [0.5, 0.6) is 0 Å². The van der Waals surface area contributed by atoms with Gasteiger partial charge in [-0.15, -0.1) is 0 Å². The number of nitrogens with zero attached hydrogens (tertiary/aromatic N) is 1. The predicted octanol–water partition coefficient (Wildman–Crippen LogP) is 2.09. The third-order valence-electron chi connectivity index (χ3n) is 4.15. The van der Waals surface area contributed by atoms with Gasteiger partial charge in [0.2, 0.25) is 0 Å². The van der Waals surface area contributed by atoms with E-state index in [9.17, 15) is 19.2 Å². The fraction of sp³-hybridized carbons (Fsp3) is 0.474. The first kappa shape index (κ1) is 19.6. The number of carbonyl (C=O) groups is 4. The summed E-state index contributed by atoms with van der Waals surface area (Å²) >= 11 is 0. The van der Waals surface area contributed by atoms with Crippen molar-refractivity contribution >= 4 is 23.7 Å². The van der Waals surface area contributed by atoms with Gasteiger partial charge in [0.15, 0.2) is 11.9 Å². The zero-order valence-electron chi connectivity index (χ0n) is 15.1. The summed E-state index contributed by atoms with van der Waals surface area (Å²) in [5.74, 6) is -1.35. The Morgan fingerprint density at radius 1 is 1.19 bits per heavy atom. The number of nitrogens with one attached hydrogen (secondary N) is 1. The molecule has 140 valence electrons. The fourth-order valence-corrected chi connectivity index (χ4v) is 2.71. The number of rotatable bonds is 8. The largest absolute Gasteiger partial charge is 0.453 e. The predicted molar refractivity (Wildman–Crippen MR) is 94.7 cm³/mol. The van der Waals surface area contributed by atoms with Crippen LogP contribution in [-0.4, -0.2) is 47.8 Å². The zero-order chi connectivity index (χ0) is 19.1. The topological polar surface area (TPSA) is 92.8 Å². The van der Waals surface area contributed by atoms with Crippen LogP contribution in [0.3, 0.4) is 0 Å². The van der Waals surface area contributed by atoms with Crippen molar-refractivity contribution in [2.45, 2.75) is 45.6 Å². The highest BCUT2D eigenvalue weighted by Gasteiger charge is 2.31. The Morgan fingerprint density at radius 2 is 1.88 bits per heavy atom. The highest BCUT2D eigenvalue weighted by Crippen LogP contribution is 2.11. The minimum atomic E-state index is -1.06. The van der Waals surface area contributed by atoms with Crippen LogP contribution in [0.1, 0.15) is 49.0 Å². The summed E-state index contributed by atoms with van der Waals surface area (Å²) in [7, 11) is 0. The minimum Gasteiger partial charge on any atom is -0.453 e. The molecule has 0 unspecified atom stereocenters. The number of aryl methyl sites for hydroxylation is 1. The first-order chi connectivity index (χ1) is 12.4. The average Bonchev–Trinajstić information content (AvgIpc) is 3.05. The summed E-state index contributed by atoms with van der Waals surface area (Å²) in [6.07, 6.45) is 0.836. The molecule has 0 aromatic heterocycles. The number of esters is 1. The average molecular weight is 360 g/mol. The molecule has 1 N–H and O–H groups in total. The number of urea groups is 1. The van der Waals surface area contributed by atoms with Crippen LogP contribution in [-0.2, 0) is 20.7 Å². The van der Waals surface area contributed by atoms with E-state index in [1.165, 1.54) is 12.5 Å². The van der Waals surface area contributed by atoms with E-state index in [1.54, 1.807) is 12.1 Å². The lowest BCUT2D eigenvalue weighted by Crippen LogP contribution is -2.41. The molecule has 1 aliphatic heterocycles. The maximum Gasteiger partial charge on any atom is 0.324 e. The number of hydrogen-bond donors (Lipinski definition) is 1. The van der Waals surface area contributed by atoms with Gasteiger partial charge in [-0.25, -0.2) is 4.79 Å². The molecular weight excluding hydrogens is 336 g/mol. The van der Waals surface area contributed by atoms with Gasteiger partial charge in [-0.1, -0.05) is 37.6 Å². The molecule has 1 fully saturated rings. The fourth-order valence-electron chi connectivity index (χ4n) is 2.71. The first-order valence-corrected chi connectivity index (χ1v) is 8.83. The van der Waals surface area contributed by atoms with Gasteiger partial charge >= 0.3 is 12.0 Å². The molecule has 1 atom stereocenters. The molecule has 26 heavy (non-hydrogen) atoms. The second-order valence-corrected chi connectivity index (χ2v) is 6.22. The molecule has 0 radical (unpaired) electrons. The van der Waals surface area contributed by atoms with E-state index in [0.29, 0.717) is 12.1 Å². The highest BCUT2D eigenvalue weighted by atomic mass is 16.5. The summed E-state index contributed by atoms with van der Waals surface area (Å²) < 4.78 is 5.05. The molecule has 0 bridgehead atoms. The molecule has 1 saturated heterocycles. The van der Waals surface area contributed by atoms with Crippen LogP contribution < -0.4 is 5.32 Å². The molecule has 3 amide bonds. The van der Waals surface area contributed by atoms with Gasteiger partial charge in [-0.3, -0.25) is 19.3 Å². The Kier molecular flexibility index (Phi) is 6.89. The van der Waals surface area contributed by atoms with Crippen molar-refractivity contribution in [3.05, 3.63) is 35.4 Å². The number of ether oxygens (including phenoxy) is 1. The summed E-state index contributed by atoms with van der Waals surface area (Å²) in [5, 5.41) is 2.51. The van der Waals surface area contributed by atoms with Gasteiger partial charge in [-0.05, 0) is 18.9 Å². The molecule has 1 aliphatic rings. The SMILES string of the molecule is CCCc1ccc(C(=O)CCC(=O)O[C@@H](C)C(=O)N2CCNC2=O)cc1. The van der Waals surface area contributed by atoms with Crippen molar-refractivity contribution in [2.75, 3.05) is 13.1 Å². The second kappa shape index (κ2) is 9.12. The molecule has 1 aromatic carbocycles. The van der Waals surface area contributed by atoms with E-state index >= 15 is 0 Å². The van der Waals surface area contributed by atoms with E-state index in [-0.39, 0.29) is 25.2 Å². The lowest BCUT2D eigenvalue weighted by molar-refractivity contribution is -0.157. The summed E-state index contributed by atoms with van der Waals surface area (Å²) in [6, 6.07) is 6.86. The first-order valence-electron chi connectivity index (χ1n) is 8.83. The van der Waals surface area contributed by atoms with Crippen molar-refractivity contribution < 1.29 is 23.9 Å². The summed E-state index contributed by atoms with van der Waals surface area (Å²) in [4.78, 5) is 48.6. The van der Waals surface area contributed by atoms with E-state index < -0.39 is 24.0 Å². The van der Waals surface area contributed by atoms with E-state index in [1.807, 2.05) is 12.1 Å². The van der Waals surface area contributed by atoms with Gasteiger partial charge in [0.05, 0.1) is 6.42 Å². The van der Waals surface area contributed by atoms with Crippen molar-refractivity contribution in [3.63, 3.8) is 0 Å². The Labute approximate surface area is 152 Å². The molecule has 0 saturated carbocycles. The van der Waals surface area contributed by atoms with Crippen LogP contribution in [0, 0.1) is 0 Å². The maximum absolute atomic E-state index is 12.2. The van der Waals surface area contributed by atoms with E-state index in [2.05, 4.69) is 12.2 Å². The second-order valence-electron chi connectivity index (χ2n) is 6.22. The van der Waals surface area contributed by atoms with Crippen LogP contribution >= 0.6 is 0 Å². The Morgan fingerprint density at radius 3 is 2.46 bits per heavy atom. The van der Waals surface area contributed by atoms with Gasteiger partial charge < -0.3 is 10.1 Å². The third-order valence-corrected chi connectivity index (χ3v) is 4.15. The highest BCUT2D eigenvalue weighted by molar-refractivity contribution is 5.99. The minimum absolute atomic E-state index is 0.0110. The number of hydrogen-bond acceptors (Lipinski definition) is 5. The lowest BCUT2D eigenvalue weighted by atomic mass is 10.0. The van der Waals surface area contributed by atoms with Crippen molar-refractivity contribution in [3.8, 4) is 0 Å². The van der Waals surface area contributed by atoms with E-state index in [0.717, 1.165) is 17.7 Å². The molecule has 7 nitrogen and oxygen atoms in total. The summed E-state index contributed by atoms with van der Waals surface area (Å²) in [6.45, 7) is 4.15. The van der Waals surface area contributed by atoms with Crippen molar-refractivity contribution in [2.24, 2.45) is 0 Å². The van der Waals surface area contributed by atoms with E-state index in [4.69, 9.17) is 4.74 Å². The van der Waals surface area contributed by atoms with Crippen LogP contribution in [0.2, 0.25) is 0 Å². The maximum atomic E-state index is 12.2. The van der Waals surface area contributed by atoms with Gasteiger partial charge in [0, 0.05) is 25.1 Å². The lowest BCUT2D eigenvalue weighted by Gasteiger charge is -2.18. The number of carbonyl (C=O) groups excluding carboxylic acids is 4. The van der Waals surface area contributed by atoms with Crippen molar-refractivity contribution in [1.82, 2.24) is 10.2 Å². The summed E-state index contributed by atoms with van der Waals surface area (Å²) in [5.41, 5.74) is 1.72. The quantitative estimate of drug-likeness (QED) is 0.566. The smallest absolute Gasteiger partial charge is 0.324 e. The number of benzene rings is 1. The van der Waals surface area contributed by atoms with Gasteiger partial charge in [-0.2, -0.15) is 0 Å². The molecular formula is C19H24N2O5. The van der Waals surface area contributed by atoms with Crippen LogP contribution in [0.4, 0.5) is 4.79 Å².